The van der Waals surface area contributed by atoms with Crippen LogP contribution in [0.1, 0.15) is 31.8 Å². The number of nitrogens with one attached hydrogen (secondary N) is 1. The first-order valence-electron chi connectivity index (χ1n) is 6.30. The van der Waals surface area contributed by atoms with Crippen LogP contribution < -0.4 is 5.32 Å². The number of phenolic OH excluding ortho intramolecular Hbond substituents is 1. The highest BCUT2D eigenvalue weighted by Gasteiger charge is 2.41. The quantitative estimate of drug-likeness (QED) is 0.312. The Bertz CT molecular complexity index is 909. The number of phenols is 1. The van der Waals surface area contributed by atoms with Crippen LogP contribution in [0.2, 0.25) is 0 Å². The standard InChI is InChI=1S/C15H7F4NO3/c1-20-4-2-3-5(21)7-6(4)14(22)8-9(15(7)23)11(17)13(19)12(18)10(8)16/h2-3,20-21H,1H3. The number of carbonyl (C=O) groups is 2. The zero-order chi connectivity index (χ0) is 17.0. The van der Waals surface area contributed by atoms with E-state index in [4.69, 9.17) is 0 Å². The summed E-state index contributed by atoms with van der Waals surface area (Å²) >= 11 is 0. The highest BCUT2D eigenvalue weighted by atomic mass is 19.2. The van der Waals surface area contributed by atoms with E-state index in [2.05, 4.69) is 5.32 Å². The van der Waals surface area contributed by atoms with Gasteiger partial charge >= 0.3 is 0 Å². The number of ketones is 2. The molecule has 1 aliphatic carbocycles. The van der Waals surface area contributed by atoms with Crippen molar-refractivity contribution in [1.29, 1.82) is 0 Å². The highest BCUT2D eigenvalue weighted by Crippen LogP contribution is 2.39. The molecule has 8 heteroatoms. The van der Waals surface area contributed by atoms with E-state index >= 15 is 0 Å². The lowest BCUT2D eigenvalue weighted by atomic mass is 9.82. The molecule has 3 rings (SSSR count). The van der Waals surface area contributed by atoms with Crippen molar-refractivity contribution in [3.8, 4) is 5.75 Å². The van der Waals surface area contributed by atoms with E-state index in [1.807, 2.05) is 0 Å². The Kier molecular flexibility index (Phi) is 3.13. The Morgan fingerprint density at radius 3 is 1.74 bits per heavy atom. The number of halogens is 4. The molecule has 0 fully saturated rings. The minimum Gasteiger partial charge on any atom is -0.507 e. The van der Waals surface area contributed by atoms with Gasteiger partial charge in [-0.1, -0.05) is 0 Å². The van der Waals surface area contributed by atoms with Gasteiger partial charge in [-0.05, 0) is 12.1 Å². The zero-order valence-electron chi connectivity index (χ0n) is 11.4. The second-order valence-electron chi connectivity index (χ2n) is 4.80. The van der Waals surface area contributed by atoms with Crippen LogP contribution in [0, 0.1) is 23.3 Å². The van der Waals surface area contributed by atoms with Crippen molar-refractivity contribution in [3.05, 3.63) is 57.7 Å². The molecule has 0 aromatic heterocycles. The smallest absolute Gasteiger partial charge is 0.201 e. The molecule has 0 heterocycles. The van der Waals surface area contributed by atoms with Crippen molar-refractivity contribution in [2.75, 3.05) is 12.4 Å². The van der Waals surface area contributed by atoms with Crippen molar-refractivity contribution in [2.24, 2.45) is 0 Å². The van der Waals surface area contributed by atoms with E-state index in [0.29, 0.717) is 0 Å². The van der Waals surface area contributed by atoms with Crippen LogP contribution in [0.15, 0.2) is 12.1 Å². The average Bonchev–Trinajstić information content (AvgIpc) is 2.53. The number of benzene rings is 2. The summed E-state index contributed by atoms with van der Waals surface area (Å²) in [6.07, 6.45) is 0. The third-order valence-corrected chi connectivity index (χ3v) is 3.63. The molecule has 4 nitrogen and oxygen atoms in total. The Hall–Kier alpha value is -2.90. The molecule has 0 amide bonds. The van der Waals surface area contributed by atoms with Crippen LogP contribution in [0.5, 0.6) is 5.75 Å². The summed E-state index contributed by atoms with van der Waals surface area (Å²) in [6, 6.07) is 2.30. The first kappa shape index (κ1) is 15.0. The van der Waals surface area contributed by atoms with Gasteiger partial charge in [-0.25, -0.2) is 17.6 Å². The van der Waals surface area contributed by atoms with E-state index in [9.17, 15) is 32.3 Å². The number of anilines is 1. The number of fused-ring (bicyclic) bond motifs is 2. The van der Waals surface area contributed by atoms with Crippen molar-refractivity contribution >= 4 is 17.3 Å². The number of aromatic hydroxyl groups is 1. The van der Waals surface area contributed by atoms with Gasteiger partial charge in [-0.3, -0.25) is 9.59 Å². The summed E-state index contributed by atoms with van der Waals surface area (Å²) < 4.78 is 54.6. The lowest BCUT2D eigenvalue weighted by molar-refractivity contribution is 0.0967. The monoisotopic (exact) mass is 325 g/mol. The number of rotatable bonds is 1. The van der Waals surface area contributed by atoms with Crippen LogP contribution in [-0.2, 0) is 0 Å². The molecule has 0 bridgehead atoms. The molecule has 23 heavy (non-hydrogen) atoms. The SMILES string of the molecule is CNc1ccc(O)c2c1C(=O)c1c(F)c(F)c(F)c(F)c1C2=O. The van der Waals surface area contributed by atoms with Gasteiger partial charge in [0.1, 0.15) is 5.75 Å². The predicted octanol–water partition coefficient (Wildman–Crippen LogP) is 2.77. The summed E-state index contributed by atoms with van der Waals surface area (Å²) in [5, 5.41) is 12.3. The molecular formula is C15H7F4NO3. The molecule has 0 atom stereocenters. The first-order valence-corrected chi connectivity index (χ1v) is 6.30. The number of hydrogen-bond acceptors (Lipinski definition) is 4. The van der Waals surface area contributed by atoms with Crippen LogP contribution in [0.3, 0.4) is 0 Å². The fourth-order valence-corrected chi connectivity index (χ4v) is 2.57. The lowest BCUT2D eigenvalue weighted by Crippen LogP contribution is -2.27. The fourth-order valence-electron chi connectivity index (χ4n) is 2.57. The molecule has 2 N–H and O–H groups in total. The lowest BCUT2D eigenvalue weighted by Gasteiger charge is -2.22. The highest BCUT2D eigenvalue weighted by molar-refractivity contribution is 6.31. The second-order valence-corrected chi connectivity index (χ2v) is 4.80. The Morgan fingerprint density at radius 2 is 1.26 bits per heavy atom. The summed E-state index contributed by atoms with van der Waals surface area (Å²) in [5.74, 6) is -11.5. The topological polar surface area (TPSA) is 66.4 Å². The molecule has 0 aliphatic heterocycles. The normalized spacial score (nSPS) is 12.9. The summed E-state index contributed by atoms with van der Waals surface area (Å²) in [5.41, 5.74) is -3.41. The Morgan fingerprint density at radius 1 is 0.783 bits per heavy atom. The minimum absolute atomic E-state index is 0.0475. The van der Waals surface area contributed by atoms with Crippen molar-refractivity contribution in [2.45, 2.75) is 0 Å². The maximum Gasteiger partial charge on any atom is 0.201 e. The predicted molar refractivity (Wildman–Crippen MR) is 70.8 cm³/mol. The summed E-state index contributed by atoms with van der Waals surface area (Å²) in [4.78, 5) is 24.8. The number of hydrogen-bond donors (Lipinski definition) is 2. The zero-order valence-corrected chi connectivity index (χ0v) is 11.4. The minimum atomic E-state index is -2.20. The van der Waals surface area contributed by atoms with Crippen LogP contribution in [0.4, 0.5) is 23.2 Å². The maximum absolute atomic E-state index is 13.9. The van der Waals surface area contributed by atoms with Crippen LogP contribution >= 0.6 is 0 Å². The molecule has 0 spiro atoms. The van der Waals surface area contributed by atoms with Gasteiger partial charge in [-0.2, -0.15) is 0 Å². The Balaban J connectivity index is 2.48. The molecule has 1 aliphatic rings. The van der Waals surface area contributed by atoms with Crippen molar-refractivity contribution in [3.63, 3.8) is 0 Å². The van der Waals surface area contributed by atoms with Gasteiger partial charge in [0, 0.05) is 12.7 Å². The van der Waals surface area contributed by atoms with Gasteiger partial charge < -0.3 is 10.4 Å². The third kappa shape index (κ3) is 1.77. The molecule has 0 radical (unpaired) electrons. The molecule has 0 saturated carbocycles. The molecule has 0 unspecified atom stereocenters. The molecule has 118 valence electrons. The van der Waals surface area contributed by atoms with Crippen molar-refractivity contribution in [1.82, 2.24) is 0 Å². The summed E-state index contributed by atoms with van der Waals surface area (Å²) in [6.45, 7) is 0. The van der Waals surface area contributed by atoms with Gasteiger partial charge in [-0.15, -0.1) is 0 Å². The molecular weight excluding hydrogens is 318 g/mol. The average molecular weight is 325 g/mol. The largest absolute Gasteiger partial charge is 0.507 e. The number of carbonyl (C=O) groups excluding carboxylic acids is 2. The second kappa shape index (κ2) is 4.80. The van der Waals surface area contributed by atoms with Gasteiger partial charge in [0.25, 0.3) is 0 Å². The maximum atomic E-state index is 13.9. The molecule has 2 aromatic rings. The third-order valence-electron chi connectivity index (χ3n) is 3.63. The van der Waals surface area contributed by atoms with E-state index < -0.39 is 62.8 Å². The Labute approximate surface area is 126 Å². The van der Waals surface area contributed by atoms with E-state index in [1.165, 1.54) is 13.1 Å². The molecule has 2 aromatic carbocycles. The van der Waals surface area contributed by atoms with Gasteiger partial charge in [0.05, 0.1) is 22.3 Å². The van der Waals surface area contributed by atoms with Gasteiger partial charge in [0.2, 0.25) is 5.78 Å². The van der Waals surface area contributed by atoms with E-state index in [0.717, 1.165) is 6.07 Å². The van der Waals surface area contributed by atoms with Crippen molar-refractivity contribution < 1.29 is 32.3 Å². The van der Waals surface area contributed by atoms with Gasteiger partial charge in [0.15, 0.2) is 29.1 Å². The molecule has 0 saturated heterocycles. The first-order chi connectivity index (χ1) is 10.8. The fraction of sp³-hybridized carbons (Fsp3) is 0.0667. The van der Waals surface area contributed by atoms with E-state index in [-0.39, 0.29) is 5.69 Å². The van der Waals surface area contributed by atoms with Crippen LogP contribution in [0.25, 0.3) is 0 Å². The summed E-state index contributed by atoms with van der Waals surface area (Å²) in [7, 11) is 1.39. The van der Waals surface area contributed by atoms with Crippen LogP contribution in [-0.4, -0.2) is 23.7 Å². The van der Waals surface area contributed by atoms with E-state index in [1.54, 1.807) is 0 Å².